The van der Waals surface area contributed by atoms with Gasteiger partial charge in [0, 0.05) is 19.1 Å². The van der Waals surface area contributed by atoms with Crippen LogP contribution >= 0.6 is 0 Å². The lowest BCUT2D eigenvalue weighted by molar-refractivity contribution is 0.0299. The summed E-state index contributed by atoms with van der Waals surface area (Å²) in [6.07, 6.45) is 2.19. The summed E-state index contributed by atoms with van der Waals surface area (Å²) in [4.78, 5) is 18.2. The van der Waals surface area contributed by atoms with Crippen LogP contribution in [-0.4, -0.2) is 68.1 Å². The monoisotopic (exact) mass is 325 g/mol. The zero-order valence-electron chi connectivity index (χ0n) is 12.2. The summed E-state index contributed by atoms with van der Waals surface area (Å²) in [7, 11) is -2.91. The minimum absolute atomic E-state index is 0.0763. The molecule has 7 nitrogen and oxygen atoms in total. The first-order valence-electron chi connectivity index (χ1n) is 7.33. The van der Waals surface area contributed by atoms with Crippen molar-refractivity contribution in [1.82, 2.24) is 9.88 Å². The predicted molar refractivity (Wildman–Crippen MR) is 81.6 cm³/mol. The van der Waals surface area contributed by atoms with Crippen molar-refractivity contribution in [2.75, 3.05) is 43.1 Å². The number of hydrogen-bond donors (Lipinski definition) is 1. The Kier molecular flexibility index (Phi) is 4.30. The van der Waals surface area contributed by atoms with Gasteiger partial charge >= 0.3 is 0 Å². The van der Waals surface area contributed by atoms with Gasteiger partial charge in [-0.05, 0) is 18.6 Å². The number of carbonyl (C=O) groups excluding carboxylic acids is 1. The SMILES string of the molecule is O=C(c1ccc(NC2CCS(=O)(=O)C2)cn1)N1CCOCC1. The lowest BCUT2D eigenvalue weighted by atomic mass is 10.2. The fourth-order valence-corrected chi connectivity index (χ4v) is 4.35. The number of carbonyl (C=O) groups is 1. The number of nitrogens with one attached hydrogen (secondary N) is 1. The number of aromatic nitrogens is 1. The Morgan fingerprint density at radius 2 is 2.09 bits per heavy atom. The van der Waals surface area contributed by atoms with Gasteiger partial charge in [-0.2, -0.15) is 0 Å². The zero-order chi connectivity index (χ0) is 15.6. The number of sulfone groups is 1. The largest absolute Gasteiger partial charge is 0.380 e. The standard InChI is InChI=1S/C14H19N3O4S/c18-14(17-4-6-21-7-5-17)13-2-1-11(9-15-13)16-12-3-8-22(19,20)10-12/h1-2,9,12,16H,3-8,10H2. The summed E-state index contributed by atoms with van der Waals surface area (Å²) in [6.45, 7) is 2.28. The molecule has 0 saturated carbocycles. The van der Waals surface area contributed by atoms with Crippen LogP contribution in [0.3, 0.4) is 0 Å². The van der Waals surface area contributed by atoms with Gasteiger partial charge in [-0.15, -0.1) is 0 Å². The van der Waals surface area contributed by atoms with Crippen LogP contribution in [0, 0.1) is 0 Å². The Balaban J connectivity index is 1.61. The van der Waals surface area contributed by atoms with Gasteiger partial charge in [0.25, 0.3) is 5.91 Å². The normalized spacial score (nSPS) is 24.2. The Labute approximate surface area is 129 Å². The fourth-order valence-electron chi connectivity index (χ4n) is 2.68. The minimum atomic E-state index is -2.91. The summed E-state index contributed by atoms with van der Waals surface area (Å²) in [5, 5.41) is 3.16. The van der Waals surface area contributed by atoms with Crippen molar-refractivity contribution in [2.45, 2.75) is 12.5 Å². The maximum atomic E-state index is 12.2. The Hall–Kier alpha value is -1.67. The third-order valence-electron chi connectivity index (χ3n) is 3.88. The van der Waals surface area contributed by atoms with Gasteiger partial charge in [-0.1, -0.05) is 0 Å². The topological polar surface area (TPSA) is 88.6 Å². The van der Waals surface area contributed by atoms with Gasteiger partial charge in [-0.3, -0.25) is 4.79 Å². The van der Waals surface area contributed by atoms with Crippen molar-refractivity contribution in [3.8, 4) is 0 Å². The molecule has 1 aromatic rings. The summed E-state index contributed by atoms with van der Waals surface area (Å²) in [5.74, 6) is 0.283. The molecule has 1 amide bonds. The molecule has 120 valence electrons. The molecule has 1 unspecified atom stereocenters. The number of hydrogen-bond acceptors (Lipinski definition) is 6. The highest BCUT2D eigenvalue weighted by atomic mass is 32.2. The van der Waals surface area contributed by atoms with Crippen molar-refractivity contribution in [3.63, 3.8) is 0 Å². The number of morpholine rings is 1. The molecule has 2 saturated heterocycles. The number of amides is 1. The smallest absolute Gasteiger partial charge is 0.272 e. The number of nitrogens with zero attached hydrogens (tertiary/aromatic N) is 2. The first kappa shape index (κ1) is 15.2. The molecule has 0 bridgehead atoms. The second-order valence-electron chi connectivity index (χ2n) is 5.58. The van der Waals surface area contributed by atoms with Gasteiger partial charge < -0.3 is 15.0 Å². The Morgan fingerprint density at radius 1 is 1.32 bits per heavy atom. The van der Waals surface area contributed by atoms with E-state index in [0.717, 1.165) is 5.69 Å². The third-order valence-corrected chi connectivity index (χ3v) is 5.65. The maximum Gasteiger partial charge on any atom is 0.272 e. The first-order valence-corrected chi connectivity index (χ1v) is 9.16. The van der Waals surface area contributed by atoms with E-state index in [1.54, 1.807) is 23.2 Å². The first-order chi connectivity index (χ1) is 10.5. The van der Waals surface area contributed by atoms with E-state index >= 15 is 0 Å². The minimum Gasteiger partial charge on any atom is -0.380 e. The van der Waals surface area contributed by atoms with E-state index in [1.165, 1.54) is 0 Å². The number of anilines is 1. The van der Waals surface area contributed by atoms with Crippen LogP contribution in [0.15, 0.2) is 18.3 Å². The quantitative estimate of drug-likeness (QED) is 0.851. The van der Waals surface area contributed by atoms with Crippen molar-refractivity contribution in [3.05, 3.63) is 24.0 Å². The predicted octanol–water partition coefficient (Wildman–Crippen LogP) is 0.153. The molecule has 0 spiro atoms. The van der Waals surface area contributed by atoms with Crippen LogP contribution in [0.2, 0.25) is 0 Å². The Bertz CT molecular complexity index is 639. The van der Waals surface area contributed by atoms with E-state index in [0.29, 0.717) is 38.4 Å². The Morgan fingerprint density at radius 3 is 2.68 bits per heavy atom. The van der Waals surface area contributed by atoms with Gasteiger partial charge in [0.05, 0.1) is 36.6 Å². The lowest BCUT2D eigenvalue weighted by Gasteiger charge is -2.26. The average molecular weight is 325 g/mol. The summed E-state index contributed by atoms with van der Waals surface area (Å²) >= 11 is 0. The van der Waals surface area contributed by atoms with Crippen LogP contribution in [-0.2, 0) is 14.6 Å². The van der Waals surface area contributed by atoms with Crippen LogP contribution in [0.1, 0.15) is 16.9 Å². The highest BCUT2D eigenvalue weighted by Gasteiger charge is 2.27. The highest BCUT2D eigenvalue weighted by Crippen LogP contribution is 2.17. The van der Waals surface area contributed by atoms with Crippen molar-refractivity contribution in [1.29, 1.82) is 0 Å². The molecule has 1 N–H and O–H groups in total. The van der Waals surface area contributed by atoms with E-state index in [9.17, 15) is 13.2 Å². The summed E-state index contributed by atoms with van der Waals surface area (Å²) < 4.78 is 28.1. The molecule has 3 heterocycles. The second kappa shape index (κ2) is 6.21. The molecule has 8 heteroatoms. The van der Waals surface area contributed by atoms with Gasteiger partial charge in [0.2, 0.25) is 0 Å². The molecule has 0 aliphatic carbocycles. The zero-order valence-corrected chi connectivity index (χ0v) is 13.0. The van der Waals surface area contributed by atoms with Crippen molar-refractivity contribution >= 4 is 21.4 Å². The number of ether oxygens (including phenoxy) is 1. The molecule has 3 rings (SSSR count). The van der Waals surface area contributed by atoms with E-state index in [4.69, 9.17) is 4.74 Å². The van der Waals surface area contributed by atoms with Crippen LogP contribution in [0.5, 0.6) is 0 Å². The number of pyridine rings is 1. The highest BCUT2D eigenvalue weighted by molar-refractivity contribution is 7.91. The molecule has 2 fully saturated rings. The molecule has 1 atom stereocenters. The van der Waals surface area contributed by atoms with Gasteiger partial charge in [0.1, 0.15) is 5.69 Å². The van der Waals surface area contributed by atoms with Gasteiger partial charge in [0.15, 0.2) is 9.84 Å². The molecule has 1 aromatic heterocycles. The molecule has 0 radical (unpaired) electrons. The maximum absolute atomic E-state index is 12.2. The van der Waals surface area contributed by atoms with E-state index in [1.807, 2.05) is 0 Å². The average Bonchev–Trinajstić information content (AvgIpc) is 2.87. The van der Waals surface area contributed by atoms with Crippen molar-refractivity contribution < 1.29 is 17.9 Å². The third kappa shape index (κ3) is 3.56. The summed E-state index contributed by atoms with van der Waals surface area (Å²) in [5.41, 5.74) is 1.13. The van der Waals surface area contributed by atoms with Gasteiger partial charge in [-0.25, -0.2) is 13.4 Å². The molecule has 2 aliphatic heterocycles. The van der Waals surface area contributed by atoms with Crippen molar-refractivity contribution in [2.24, 2.45) is 0 Å². The summed E-state index contributed by atoms with van der Waals surface area (Å²) in [6, 6.07) is 3.36. The van der Waals surface area contributed by atoms with Crippen LogP contribution in [0.4, 0.5) is 5.69 Å². The van der Waals surface area contributed by atoms with E-state index in [-0.39, 0.29) is 23.5 Å². The van der Waals surface area contributed by atoms with Crippen LogP contribution < -0.4 is 5.32 Å². The fraction of sp³-hybridized carbons (Fsp3) is 0.571. The molecular weight excluding hydrogens is 306 g/mol. The second-order valence-corrected chi connectivity index (χ2v) is 7.81. The molecular formula is C14H19N3O4S. The lowest BCUT2D eigenvalue weighted by Crippen LogP contribution is -2.41. The molecule has 0 aromatic carbocycles. The van der Waals surface area contributed by atoms with Crippen LogP contribution in [0.25, 0.3) is 0 Å². The van der Waals surface area contributed by atoms with E-state index in [2.05, 4.69) is 10.3 Å². The number of rotatable bonds is 3. The molecule has 22 heavy (non-hydrogen) atoms. The molecule has 2 aliphatic rings. The van der Waals surface area contributed by atoms with E-state index < -0.39 is 9.84 Å².